The molecule has 0 saturated heterocycles. The fourth-order valence-electron chi connectivity index (χ4n) is 4.66. The quantitative estimate of drug-likeness (QED) is 0.298. The van der Waals surface area contributed by atoms with Gasteiger partial charge in [-0.1, -0.05) is 90.1 Å². The lowest BCUT2D eigenvalue weighted by Crippen LogP contribution is -2.11. The molecule has 5 aromatic rings. The maximum absolute atomic E-state index is 6.31. The Balaban J connectivity index is 1.60. The van der Waals surface area contributed by atoms with Gasteiger partial charge in [0, 0.05) is 33.8 Å². The Morgan fingerprint density at radius 1 is 0.647 bits per heavy atom. The molecule has 0 aliphatic rings. The summed E-state index contributed by atoms with van der Waals surface area (Å²) >= 11 is 0. The molecule has 172 valence electrons. The van der Waals surface area contributed by atoms with Crippen LogP contribution in [0.5, 0.6) is 0 Å². The minimum atomic E-state index is 0.0482. The van der Waals surface area contributed by atoms with E-state index in [9.17, 15) is 0 Å². The second-order valence-electron chi connectivity index (χ2n) is 11.2. The third kappa shape index (κ3) is 4.09. The van der Waals surface area contributed by atoms with E-state index in [0.717, 1.165) is 27.9 Å². The molecule has 0 bridgehead atoms. The minimum Gasteiger partial charge on any atom is -0.456 e. The Kier molecular flexibility index (Phi) is 5.28. The standard InChI is InChI=1S/C32H33NO/c1-31(2,3)22-15-18-27(25(19-22)21-11-8-7-9-12-21)33-23-16-17-24-29(20-23)34-28-14-10-13-26(30(24)28)32(4,5)6/h7-20,33H,1-6H3. The SMILES string of the molecule is CC(C)(C)c1ccc(Nc2ccc3c(c2)oc2cccc(C(C)(C)C)c23)c(-c2ccccc2)c1. The number of nitrogens with one attached hydrogen (secondary N) is 1. The highest BCUT2D eigenvalue weighted by Crippen LogP contribution is 2.39. The van der Waals surface area contributed by atoms with Crippen molar-refractivity contribution in [2.45, 2.75) is 52.4 Å². The van der Waals surface area contributed by atoms with Gasteiger partial charge in [-0.2, -0.15) is 0 Å². The third-order valence-electron chi connectivity index (χ3n) is 6.55. The zero-order chi connectivity index (χ0) is 24.1. The summed E-state index contributed by atoms with van der Waals surface area (Å²) < 4.78 is 6.31. The Bertz CT molecular complexity index is 1480. The van der Waals surface area contributed by atoms with Crippen LogP contribution < -0.4 is 5.32 Å². The van der Waals surface area contributed by atoms with E-state index in [0.29, 0.717) is 0 Å². The summed E-state index contributed by atoms with van der Waals surface area (Å²) in [6, 6.07) is 30.2. The van der Waals surface area contributed by atoms with E-state index in [1.807, 2.05) is 0 Å². The summed E-state index contributed by atoms with van der Waals surface area (Å²) in [4.78, 5) is 0. The number of rotatable bonds is 3. The van der Waals surface area contributed by atoms with E-state index in [2.05, 4.69) is 132 Å². The van der Waals surface area contributed by atoms with Crippen LogP contribution in [-0.2, 0) is 10.8 Å². The fourth-order valence-corrected chi connectivity index (χ4v) is 4.66. The Morgan fingerprint density at radius 3 is 2.12 bits per heavy atom. The molecule has 4 aromatic carbocycles. The topological polar surface area (TPSA) is 25.2 Å². The average Bonchev–Trinajstić information content (AvgIpc) is 3.16. The van der Waals surface area contributed by atoms with Crippen molar-refractivity contribution in [2.75, 3.05) is 5.32 Å². The van der Waals surface area contributed by atoms with Gasteiger partial charge in [-0.3, -0.25) is 0 Å². The minimum absolute atomic E-state index is 0.0482. The highest BCUT2D eigenvalue weighted by molar-refractivity contribution is 6.08. The molecule has 0 aliphatic heterocycles. The van der Waals surface area contributed by atoms with Gasteiger partial charge < -0.3 is 9.73 Å². The van der Waals surface area contributed by atoms with Crippen LogP contribution in [0.4, 0.5) is 11.4 Å². The first kappa shape index (κ1) is 22.3. The first-order chi connectivity index (χ1) is 16.1. The normalized spacial score (nSPS) is 12.4. The molecule has 0 spiro atoms. The zero-order valence-electron chi connectivity index (χ0n) is 21.0. The number of benzene rings is 4. The number of fused-ring (bicyclic) bond motifs is 3. The van der Waals surface area contributed by atoms with Gasteiger partial charge in [0.25, 0.3) is 0 Å². The van der Waals surface area contributed by atoms with Crippen LogP contribution in [0.15, 0.2) is 89.3 Å². The lowest BCUT2D eigenvalue weighted by atomic mass is 9.84. The molecule has 0 aliphatic carbocycles. The van der Waals surface area contributed by atoms with Crippen LogP contribution in [0.3, 0.4) is 0 Å². The van der Waals surface area contributed by atoms with Crippen molar-refractivity contribution in [2.24, 2.45) is 0 Å². The van der Waals surface area contributed by atoms with Crippen molar-refractivity contribution in [1.82, 2.24) is 0 Å². The van der Waals surface area contributed by atoms with Crippen LogP contribution in [-0.4, -0.2) is 0 Å². The van der Waals surface area contributed by atoms with Crippen LogP contribution in [0, 0.1) is 0 Å². The van der Waals surface area contributed by atoms with Gasteiger partial charge in [-0.15, -0.1) is 0 Å². The van der Waals surface area contributed by atoms with Crippen molar-refractivity contribution in [1.29, 1.82) is 0 Å². The molecular weight excluding hydrogens is 414 g/mol. The lowest BCUT2D eigenvalue weighted by molar-refractivity contribution is 0.590. The summed E-state index contributed by atoms with van der Waals surface area (Å²) in [6.07, 6.45) is 0. The summed E-state index contributed by atoms with van der Waals surface area (Å²) in [5.41, 5.74) is 9.13. The molecule has 0 unspecified atom stereocenters. The monoisotopic (exact) mass is 447 g/mol. The Morgan fingerprint density at radius 2 is 1.41 bits per heavy atom. The second kappa shape index (κ2) is 8.06. The van der Waals surface area contributed by atoms with Gasteiger partial charge in [-0.25, -0.2) is 0 Å². The molecule has 2 heteroatoms. The largest absolute Gasteiger partial charge is 0.456 e. The van der Waals surface area contributed by atoms with Crippen LogP contribution >= 0.6 is 0 Å². The highest BCUT2D eigenvalue weighted by Gasteiger charge is 2.21. The molecule has 1 aromatic heterocycles. The van der Waals surface area contributed by atoms with E-state index < -0.39 is 0 Å². The maximum Gasteiger partial charge on any atom is 0.137 e. The van der Waals surface area contributed by atoms with Crippen LogP contribution in [0.1, 0.15) is 52.7 Å². The summed E-state index contributed by atoms with van der Waals surface area (Å²) in [6.45, 7) is 13.5. The van der Waals surface area contributed by atoms with E-state index in [1.165, 1.54) is 27.6 Å². The molecule has 5 rings (SSSR count). The molecule has 2 nitrogen and oxygen atoms in total. The van der Waals surface area contributed by atoms with Gasteiger partial charge in [0.15, 0.2) is 0 Å². The molecule has 0 saturated carbocycles. The predicted molar refractivity (Wildman–Crippen MR) is 146 cm³/mol. The predicted octanol–water partition coefficient (Wildman–Crippen LogP) is 9.59. The van der Waals surface area contributed by atoms with Crippen LogP contribution in [0.2, 0.25) is 0 Å². The molecular formula is C32H33NO. The highest BCUT2D eigenvalue weighted by atomic mass is 16.3. The summed E-state index contributed by atoms with van der Waals surface area (Å²) in [7, 11) is 0. The summed E-state index contributed by atoms with van der Waals surface area (Å²) in [5, 5.41) is 6.05. The molecule has 0 radical (unpaired) electrons. The maximum atomic E-state index is 6.31. The molecule has 0 fully saturated rings. The number of hydrogen-bond donors (Lipinski definition) is 1. The first-order valence-corrected chi connectivity index (χ1v) is 12.0. The molecule has 0 amide bonds. The summed E-state index contributed by atoms with van der Waals surface area (Å²) in [5.74, 6) is 0. The van der Waals surface area contributed by atoms with E-state index in [4.69, 9.17) is 4.42 Å². The fraction of sp³-hybridized carbons (Fsp3) is 0.250. The van der Waals surface area contributed by atoms with Crippen molar-refractivity contribution < 1.29 is 4.42 Å². The van der Waals surface area contributed by atoms with E-state index in [1.54, 1.807) is 0 Å². The first-order valence-electron chi connectivity index (χ1n) is 12.0. The average molecular weight is 448 g/mol. The van der Waals surface area contributed by atoms with Gasteiger partial charge in [0.1, 0.15) is 11.2 Å². The number of anilines is 2. The second-order valence-corrected chi connectivity index (χ2v) is 11.2. The molecule has 0 atom stereocenters. The van der Waals surface area contributed by atoms with Crippen molar-refractivity contribution >= 4 is 33.3 Å². The number of furan rings is 1. The zero-order valence-corrected chi connectivity index (χ0v) is 21.0. The molecule has 1 N–H and O–H groups in total. The smallest absolute Gasteiger partial charge is 0.137 e. The van der Waals surface area contributed by atoms with Crippen molar-refractivity contribution in [3.63, 3.8) is 0 Å². The van der Waals surface area contributed by atoms with Gasteiger partial charge in [-0.05, 0) is 57.9 Å². The van der Waals surface area contributed by atoms with Crippen LogP contribution in [0.25, 0.3) is 33.1 Å². The van der Waals surface area contributed by atoms with Gasteiger partial charge in [0.05, 0.1) is 0 Å². The Hall–Kier alpha value is -3.52. The third-order valence-corrected chi connectivity index (χ3v) is 6.55. The van der Waals surface area contributed by atoms with E-state index >= 15 is 0 Å². The van der Waals surface area contributed by atoms with Crippen molar-refractivity contribution in [3.8, 4) is 11.1 Å². The number of hydrogen-bond acceptors (Lipinski definition) is 2. The van der Waals surface area contributed by atoms with E-state index in [-0.39, 0.29) is 10.8 Å². The Labute approximate surface area is 202 Å². The van der Waals surface area contributed by atoms with Crippen molar-refractivity contribution in [3.05, 3.63) is 96.1 Å². The lowest BCUT2D eigenvalue weighted by Gasteiger charge is -2.22. The van der Waals surface area contributed by atoms with Gasteiger partial charge >= 0.3 is 0 Å². The molecule has 1 heterocycles. The van der Waals surface area contributed by atoms with Gasteiger partial charge in [0.2, 0.25) is 0 Å². The molecule has 34 heavy (non-hydrogen) atoms.